The van der Waals surface area contributed by atoms with Crippen molar-refractivity contribution < 1.29 is 14.3 Å². The summed E-state index contributed by atoms with van der Waals surface area (Å²) in [4.78, 5) is 31.2. The van der Waals surface area contributed by atoms with Crippen LogP contribution in [-0.2, 0) is 4.74 Å². The Morgan fingerprint density at radius 3 is 2.53 bits per heavy atom. The predicted molar refractivity (Wildman–Crippen MR) is 60.0 cm³/mol. The van der Waals surface area contributed by atoms with E-state index >= 15 is 0 Å². The van der Waals surface area contributed by atoms with E-state index in [2.05, 4.69) is 9.97 Å². The van der Waals surface area contributed by atoms with Crippen LogP contribution in [0.15, 0.2) is 6.07 Å². The number of hydrogen-bond donors (Lipinski definition) is 0. The summed E-state index contributed by atoms with van der Waals surface area (Å²) in [6, 6.07) is 1.40. The van der Waals surface area contributed by atoms with Gasteiger partial charge in [0.2, 0.25) is 0 Å². The minimum atomic E-state index is -0.501. The molecule has 0 aliphatic heterocycles. The van der Waals surface area contributed by atoms with E-state index in [0.29, 0.717) is 11.7 Å². The number of ketones is 1. The van der Waals surface area contributed by atoms with Gasteiger partial charge in [-0.05, 0) is 19.8 Å². The molecule has 1 aliphatic rings. The Labute approximate surface area is 99.2 Å². The molecule has 1 aromatic rings. The second kappa shape index (κ2) is 4.61. The van der Waals surface area contributed by atoms with E-state index in [1.807, 2.05) is 0 Å². The average Bonchev–Trinajstić information content (AvgIpc) is 3.12. The lowest BCUT2D eigenvalue weighted by Crippen LogP contribution is -2.12. The molecule has 1 heterocycles. The first-order valence-electron chi connectivity index (χ1n) is 5.69. The topological polar surface area (TPSA) is 69.2 Å². The molecule has 0 amide bonds. The van der Waals surface area contributed by atoms with Gasteiger partial charge in [-0.2, -0.15) is 0 Å². The lowest BCUT2D eigenvalue weighted by atomic mass is 10.2. The van der Waals surface area contributed by atoms with Gasteiger partial charge in [-0.3, -0.25) is 4.79 Å². The number of rotatable bonds is 4. The molecule has 2 rings (SSSR count). The van der Waals surface area contributed by atoms with Crippen LogP contribution in [0, 0.1) is 0 Å². The molecular formula is C12H14N2O3. The van der Waals surface area contributed by atoms with Crippen LogP contribution in [0.2, 0.25) is 0 Å². The number of nitrogens with zero attached hydrogens (tertiary/aromatic N) is 2. The Morgan fingerprint density at radius 2 is 2.00 bits per heavy atom. The molecular weight excluding hydrogens is 220 g/mol. The largest absolute Gasteiger partial charge is 0.461 e. The van der Waals surface area contributed by atoms with Crippen molar-refractivity contribution >= 4 is 11.8 Å². The smallest absolute Gasteiger partial charge is 0.357 e. The molecule has 17 heavy (non-hydrogen) atoms. The van der Waals surface area contributed by atoms with Gasteiger partial charge in [0.25, 0.3) is 0 Å². The SMILES string of the molecule is CCOC(=O)c1cc(C(C)=O)nc(C2CC2)n1. The van der Waals surface area contributed by atoms with Crippen molar-refractivity contribution in [2.45, 2.75) is 32.6 Å². The molecule has 0 radical (unpaired) electrons. The third-order valence-corrected chi connectivity index (χ3v) is 2.53. The van der Waals surface area contributed by atoms with E-state index in [1.54, 1.807) is 6.92 Å². The lowest BCUT2D eigenvalue weighted by Gasteiger charge is -2.05. The highest BCUT2D eigenvalue weighted by atomic mass is 16.5. The molecule has 1 aromatic heterocycles. The Balaban J connectivity index is 2.36. The van der Waals surface area contributed by atoms with E-state index in [-0.39, 0.29) is 23.8 Å². The van der Waals surface area contributed by atoms with Crippen molar-refractivity contribution in [3.05, 3.63) is 23.3 Å². The second-order valence-corrected chi connectivity index (χ2v) is 4.05. The van der Waals surface area contributed by atoms with Crippen molar-refractivity contribution in [3.63, 3.8) is 0 Å². The molecule has 5 nitrogen and oxygen atoms in total. The van der Waals surface area contributed by atoms with Gasteiger partial charge in [0.15, 0.2) is 11.5 Å². The molecule has 1 aliphatic carbocycles. The first kappa shape index (κ1) is 11.7. The van der Waals surface area contributed by atoms with Gasteiger partial charge in [-0.15, -0.1) is 0 Å². The second-order valence-electron chi connectivity index (χ2n) is 4.05. The molecule has 5 heteroatoms. The Morgan fingerprint density at radius 1 is 1.35 bits per heavy atom. The van der Waals surface area contributed by atoms with Gasteiger partial charge in [0.1, 0.15) is 11.5 Å². The summed E-state index contributed by atoms with van der Waals surface area (Å²) in [5.41, 5.74) is 0.457. The maximum Gasteiger partial charge on any atom is 0.357 e. The van der Waals surface area contributed by atoms with E-state index in [4.69, 9.17) is 4.74 Å². The summed E-state index contributed by atoms with van der Waals surface area (Å²) >= 11 is 0. The van der Waals surface area contributed by atoms with Crippen molar-refractivity contribution in [2.24, 2.45) is 0 Å². The first-order valence-corrected chi connectivity index (χ1v) is 5.69. The average molecular weight is 234 g/mol. The van der Waals surface area contributed by atoms with Gasteiger partial charge in [-0.1, -0.05) is 0 Å². The fourth-order valence-corrected chi connectivity index (χ4v) is 1.48. The zero-order chi connectivity index (χ0) is 12.4. The Hall–Kier alpha value is -1.78. The van der Waals surface area contributed by atoms with Crippen molar-refractivity contribution in [2.75, 3.05) is 6.61 Å². The molecule has 0 spiro atoms. The highest BCUT2D eigenvalue weighted by Gasteiger charge is 2.28. The van der Waals surface area contributed by atoms with Crippen molar-refractivity contribution in [3.8, 4) is 0 Å². The summed E-state index contributed by atoms with van der Waals surface area (Å²) in [5, 5.41) is 0. The Bertz CT molecular complexity index is 467. The number of ether oxygens (including phenoxy) is 1. The van der Waals surface area contributed by atoms with Gasteiger partial charge in [-0.25, -0.2) is 14.8 Å². The van der Waals surface area contributed by atoms with Crippen LogP contribution in [0.3, 0.4) is 0 Å². The van der Waals surface area contributed by atoms with Gasteiger partial charge in [0, 0.05) is 18.9 Å². The predicted octanol–water partition coefficient (Wildman–Crippen LogP) is 1.73. The zero-order valence-electron chi connectivity index (χ0n) is 9.90. The maximum absolute atomic E-state index is 11.6. The summed E-state index contributed by atoms with van der Waals surface area (Å²) in [7, 11) is 0. The molecule has 0 atom stereocenters. The number of carbonyl (C=O) groups is 2. The summed E-state index contributed by atoms with van der Waals surface area (Å²) in [6.07, 6.45) is 2.03. The minimum Gasteiger partial charge on any atom is -0.461 e. The van der Waals surface area contributed by atoms with E-state index in [0.717, 1.165) is 12.8 Å². The normalized spacial score (nSPS) is 14.5. The van der Waals surface area contributed by atoms with Gasteiger partial charge in [0.05, 0.1) is 6.61 Å². The quantitative estimate of drug-likeness (QED) is 0.586. The molecule has 0 N–H and O–H groups in total. The number of carbonyl (C=O) groups excluding carboxylic acids is 2. The van der Waals surface area contributed by atoms with Crippen LogP contribution >= 0.6 is 0 Å². The fourth-order valence-electron chi connectivity index (χ4n) is 1.48. The lowest BCUT2D eigenvalue weighted by molar-refractivity contribution is 0.0519. The Kier molecular flexibility index (Phi) is 3.17. The molecule has 0 bridgehead atoms. The summed E-state index contributed by atoms with van der Waals surface area (Å²) in [6.45, 7) is 3.44. The number of Topliss-reactive ketones (excluding diaryl/α,β-unsaturated/α-hetero) is 1. The number of esters is 1. The number of hydrogen-bond acceptors (Lipinski definition) is 5. The van der Waals surface area contributed by atoms with E-state index < -0.39 is 5.97 Å². The third kappa shape index (κ3) is 2.67. The zero-order valence-corrected chi connectivity index (χ0v) is 9.90. The van der Waals surface area contributed by atoms with E-state index in [1.165, 1.54) is 13.0 Å². The monoisotopic (exact) mass is 234 g/mol. The fraction of sp³-hybridized carbons (Fsp3) is 0.500. The minimum absolute atomic E-state index is 0.167. The first-order chi connectivity index (χ1) is 8.11. The number of aromatic nitrogens is 2. The third-order valence-electron chi connectivity index (χ3n) is 2.53. The van der Waals surface area contributed by atoms with Crippen LogP contribution in [0.4, 0.5) is 0 Å². The van der Waals surface area contributed by atoms with Crippen LogP contribution in [-0.4, -0.2) is 28.3 Å². The molecule has 1 fully saturated rings. The standard InChI is InChI=1S/C12H14N2O3/c1-3-17-12(16)10-6-9(7(2)15)13-11(14-10)8-4-5-8/h6,8H,3-5H2,1-2H3. The van der Waals surface area contributed by atoms with Crippen molar-refractivity contribution in [1.29, 1.82) is 0 Å². The highest BCUT2D eigenvalue weighted by molar-refractivity contribution is 5.95. The van der Waals surface area contributed by atoms with Gasteiger partial charge < -0.3 is 4.74 Å². The molecule has 0 aromatic carbocycles. The highest BCUT2D eigenvalue weighted by Crippen LogP contribution is 2.38. The van der Waals surface area contributed by atoms with Gasteiger partial charge >= 0.3 is 5.97 Å². The molecule has 0 saturated heterocycles. The summed E-state index contributed by atoms with van der Waals surface area (Å²) in [5.74, 6) is 0.211. The maximum atomic E-state index is 11.6. The molecule has 0 unspecified atom stereocenters. The van der Waals surface area contributed by atoms with Crippen LogP contribution in [0.5, 0.6) is 0 Å². The molecule has 1 saturated carbocycles. The van der Waals surface area contributed by atoms with Crippen LogP contribution in [0.25, 0.3) is 0 Å². The van der Waals surface area contributed by atoms with Crippen molar-refractivity contribution in [1.82, 2.24) is 9.97 Å². The van der Waals surface area contributed by atoms with E-state index in [9.17, 15) is 9.59 Å². The van der Waals surface area contributed by atoms with Crippen LogP contribution in [0.1, 0.15) is 59.4 Å². The molecule has 90 valence electrons. The van der Waals surface area contributed by atoms with Crippen LogP contribution < -0.4 is 0 Å². The summed E-state index contributed by atoms with van der Waals surface area (Å²) < 4.78 is 4.88.